The Morgan fingerprint density at radius 1 is 1.17 bits per heavy atom. The van der Waals surface area contributed by atoms with Gasteiger partial charge in [0.15, 0.2) is 5.11 Å². The van der Waals surface area contributed by atoms with Crippen LogP contribution in [0.2, 0.25) is 0 Å². The summed E-state index contributed by atoms with van der Waals surface area (Å²) >= 11 is 5.20. The molecule has 2 aromatic rings. The predicted molar refractivity (Wildman–Crippen MR) is 106 cm³/mol. The summed E-state index contributed by atoms with van der Waals surface area (Å²) < 4.78 is 60.0. The molecule has 0 radical (unpaired) electrons. The fourth-order valence-electron chi connectivity index (χ4n) is 2.80. The second-order valence-electron chi connectivity index (χ2n) is 6.28. The number of hydrogen-bond donors (Lipinski definition) is 1. The molecule has 0 saturated carbocycles. The molecule has 1 aliphatic heterocycles. The van der Waals surface area contributed by atoms with Crippen LogP contribution in [-0.2, 0) is 16.1 Å². The van der Waals surface area contributed by atoms with Crippen LogP contribution >= 0.6 is 12.2 Å². The minimum absolute atomic E-state index is 0.125. The summed E-state index contributed by atoms with van der Waals surface area (Å²) in [5, 5.41) is 2.92. The van der Waals surface area contributed by atoms with Crippen LogP contribution in [0.4, 0.5) is 23.2 Å². The highest BCUT2D eigenvalue weighted by Gasteiger charge is 2.32. The Labute approximate surface area is 174 Å². The summed E-state index contributed by atoms with van der Waals surface area (Å²) in [7, 11) is 1.39. The zero-order valence-corrected chi connectivity index (χ0v) is 16.4. The van der Waals surface area contributed by atoms with E-state index in [-0.39, 0.29) is 17.4 Å². The topological polar surface area (TPSA) is 50.8 Å². The Morgan fingerprint density at radius 2 is 1.87 bits per heavy atom. The van der Waals surface area contributed by atoms with Gasteiger partial charge in [0.05, 0.1) is 19.4 Å². The van der Waals surface area contributed by atoms with E-state index in [1.54, 1.807) is 18.2 Å². The second kappa shape index (κ2) is 8.80. The van der Waals surface area contributed by atoms with Gasteiger partial charge in [0.2, 0.25) is 0 Å². The number of carbonyl (C=O) groups excluding carboxylic acids is 1. The number of anilines is 1. The number of carbonyl (C=O) groups is 1. The van der Waals surface area contributed by atoms with Gasteiger partial charge in [0, 0.05) is 5.56 Å². The molecular weight excluding hydrogens is 424 g/mol. The van der Waals surface area contributed by atoms with E-state index in [4.69, 9.17) is 21.7 Å². The largest absolute Gasteiger partial charge is 0.496 e. The number of rotatable bonds is 6. The molecule has 1 heterocycles. The molecule has 1 saturated heterocycles. The molecule has 0 aromatic heterocycles. The molecule has 1 fully saturated rings. The monoisotopic (exact) mass is 440 g/mol. The van der Waals surface area contributed by atoms with E-state index < -0.39 is 24.5 Å². The lowest BCUT2D eigenvalue weighted by Crippen LogP contribution is -2.30. The molecule has 30 heavy (non-hydrogen) atoms. The zero-order chi connectivity index (χ0) is 21.9. The molecule has 10 heteroatoms. The minimum atomic E-state index is -4.44. The third-order valence-corrected chi connectivity index (χ3v) is 4.39. The Balaban J connectivity index is 1.82. The highest BCUT2D eigenvalue weighted by atomic mass is 32.1. The number of alkyl halides is 3. The first-order valence-corrected chi connectivity index (χ1v) is 9.03. The maximum absolute atomic E-state index is 13.1. The van der Waals surface area contributed by atoms with Crippen LogP contribution in [0.25, 0.3) is 6.08 Å². The molecule has 1 N–H and O–H groups in total. The summed E-state index contributed by atoms with van der Waals surface area (Å²) in [4.78, 5) is 14.0. The molecule has 0 unspecified atom stereocenters. The van der Waals surface area contributed by atoms with Crippen LogP contribution in [0, 0.1) is 5.82 Å². The van der Waals surface area contributed by atoms with Crippen LogP contribution in [-0.4, -0.2) is 30.9 Å². The van der Waals surface area contributed by atoms with Crippen molar-refractivity contribution in [1.29, 1.82) is 0 Å². The number of methoxy groups -OCH3 is 1. The third kappa shape index (κ3) is 5.14. The number of ether oxygens (including phenoxy) is 2. The predicted octanol–water partition coefficient (Wildman–Crippen LogP) is 4.18. The molecule has 0 bridgehead atoms. The van der Waals surface area contributed by atoms with E-state index in [9.17, 15) is 22.4 Å². The SMILES string of the molecule is COc1ccc(C=C2NC(=S)N(c3ccc(F)cc3)C2=O)cc1COCC(F)(F)F. The van der Waals surface area contributed by atoms with Gasteiger partial charge in [-0.3, -0.25) is 9.69 Å². The fraction of sp³-hybridized carbons (Fsp3) is 0.200. The number of amides is 1. The van der Waals surface area contributed by atoms with Crippen molar-refractivity contribution in [2.45, 2.75) is 12.8 Å². The molecule has 1 amide bonds. The van der Waals surface area contributed by atoms with Crippen molar-refractivity contribution in [3.05, 3.63) is 65.1 Å². The van der Waals surface area contributed by atoms with E-state index in [0.29, 0.717) is 22.6 Å². The number of thiocarbonyl (C=S) groups is 1. The van der Waals surface area contributed by atoms with Gasteiger partial charge in [-0.15, -0.1) is 0 Å². The lowest BCUT2D eigenvalue weighted by Gasteiger charge is -2.13. The maximum atomic E-state index is 13.1. The first-order chi connectivity index (χ1) is 14.2. The van der Waals surface area contributed by atoms with Gasteiger partial charge in [-0.25, -0.2) is 4.39 Å². The van der Waals surface area contributed by atoms with Crippen LogP contribution < -0.4 is 15.0 Å². The third-order valence-electron chi connectivity index (χ3n) is 4.10. The van der Waals surface area contributed by atoms with E-state index in [1.807, 2.05) is 0 Å². The highest BCUT2D eigenvalue weighted by Crippen LogP contribution is 2.26. The Morgan fingerprint density at radius 3 is 2.50 bits per heavy atom. The summed E-state index contributed by atoms with van der Waals surface area (Å²) in [6.45, 7) is -1.70. The van der Waals surface area contributed by atoms with Crippen molar-refractivity contribution in [3.63, 3.8) is 0 Å². The van der Waals surface area contributed by atoms with Crippen LogP contribution in [0.1, 0.15) is 11.1 Å². The molecular formula is C20H16F4N2O3S. The van der Waals surface area contributed by atoms with Gasteiger partial charge in [-0.05, 0) is 60.3 Å². The van der Waals surface area contributed by atoms with Crippen molar-refractivity contribution >= 4 is 35.0 Å². The average molecular weight is 440 g/mol. The van der Waals surface area contributed by atoms with Crippen molar-refractivity contribution in [2.24, 2.45) is 0 Å². The Bertz CT molecular complexity index is 991. The molecule has 5 nitrogen and oxygen atoms in total. The molecule has 3 rings (SSSR count). The summed E-state index contributed by atoms with van der Waals surface area (Å²) in [5.74, 6) is -0.538. The number of benzene rings is 2. The van der Waals surface area contributed by atoms with E-state index in [0.717, 1.165) is 0 Å². The maximum Gasteiger partial charge on any atom is 0.411 e. The number of halogens is 4. The summed E-state index contributed by atoms with van der Waals surface area (Å²) in [5.41, 5.74) is 1.48. The fourth-order valence-corrected chi connectivity index (χ4v) is 3.10. The Hall–Kier alpha value is -2.98. The first kappa shape index (κ1) is 21.7. The Kier molecular flexibility index (Phi) is 6.37. The van der Waals surface area contributed by atoms with Gasteiger partial charge in [0.25, 0.3) is 5.91 Å². The summed E-state index contributed by atoms with van der Waals surface area (Å²) in [6.07, 6.45) is -2.93. The standard InChI is InChI=1S/C20H16F4N2O3S/c1-28-17-7-2-12(8-13(17)10-29-11-20(22,23)24)9-16-18(27)26(19(30)25-16)15-5-3-14(21)4-6-15/h2-9H,10-11H2,1H3,(H,25,30). The molecule has 0 aliphatic carbocycles. The normalized spacial score (nSPS) is 15.6. The second-order valence-corrected chi connectivity index (χ2v) is 6.67. The van der Waals surface area contributed by atoms with Gasteiger partial charge in [0.1, 0.15) is 23.9 Å². The van der Waals surface area contributed by atoms with Crippen molar-refractivity contribution in [3.8, 4) is 5.75 Å². The lowest BCUT2D eigenvalue weighted by molar-refractivity contribution is -0.176. The lowest BCUT2D eigenvalue weighted by atomic mass is 10.1. The average Bonchev–Trinajstić information content (AvgIpc) is 2.95. The molecule has 158 valence electrons. The smallest absolute Gasteiger partial charge is 0.411 e. The van der Waals surface area contributed by atoms with Crippen molar-refractivity contribution in [1.82, 2.24) is 5.32 Å². The van der Waals surface area contributed by atoms with Gasteiger partial charge in [-0.1, -0.05) is 6.07 Å². The van der Waals surface area contributed by atoms with E-state index >= 15 is 0 Å². The highest BCUT2D eigenvalue weighted by molar-refractivity contribution is 7.80. The van der Waals surface area contributed by atoms with Crippen LogP contribution in [0.5, 0.6) is 5.75 Å². The molecule has 1 aliphatic rings. The summed E-state index contributed by atoms with van der Waals surface area (Å²) in [6, 6.07) is 10.0. The van der Waals surface area contributed by atoms with E-state index in [1.165, 1.54) is 42.4 Å². The van der Waals surface area contributed by atoms with Crippen LogP contribution in [0.3, 0.4) is 0 Å². The van der Waals surface area contributed by atoms with Gasteiger partial charge >= 0.3 is 6.18 Å². The molecule has 2 aromatic carbocycles. The first-order valence-electron chi connectivity index (χ1n) is 8.62. The molecule has 0 atom stereocenters. The van der Waals surface area contributed by atoms with Gasteiger partial charge in [-0.2, -0.15) is 13.2 Å². The molecule has 0 spiro atoms. The van der Waals surface area contributed by atoms with Crippen molar-refractivity contribution < 1.29 is 31.8 Å². The van der Waals surface area contributed by atoms with Crippen molar-refractivity contribution in [2.75, 3.05) is 18.6 Å². The number of nitrogens with one attached hydrogen (secondary N) is 1. The number of hydrogen-bond acceptors (Lipinski definition) is 4. The zero-order valence-electron chi connectivity index (χ0n) is 15.6. The van der Waals surface area contributed by atoms with Crippen LogP contribution in [0.15, 0.2) is 48.2 Å². The minimum Gasteiger partial charge on any atom is -0.496 e. The van der Waals surface area contributed by atoms with Gasteiger partial charge < -0.3 is 14.8 Å². The van der Waals surface area contributed by atoms with E-state index in [2.05, 4.69) is 5.32 Å². The number of nitrogens with zero attached hydrogens (tertiary/aromatic N) is 1. The quantitative estimate of drug-likeness (QED) is 0.415.